The van der Waals surface area contributed by atoms with Crippen LogP contribution in [0.2, 0.25) is 0 Å². The topological polar surface area (TPSA) is 45.2 Å². The molecule has 4 rings (SSSR count). The van der Waals surface area contributed by atoms with Crippen LogP contribution in [0.3, 0.4) is 0 Å². The van der Waals surface area contributed by atoms with Gasteiger partial charge in [-0.25, -0.2) is 4.39 Å². The molecule has 0 radical (unpaired) electrons. The van der Waals surface area contributed by atoms with Crippen molar-refractivity contribution in [2.45, 2.75) is 37.3 Å². The van der Waals surface area contributed by atoms with Gasteiger partial charge in [0.15, 0.2) is 0 Å². The van der Waals surface area contributed by atoms with Crippen molar-refractivity contribution in [3.63, 3.8) is 0 Å². The van der Waals surface area contributed by atoms with Crippen LogP contribution >= 0.6 is 0 Å². The van der Waals surface area contributed by atoms with Crippen LogP contribution in [-0.4, -0.2) is 34.4 Å². The standard InChI is InChI=1S/C20H22FN3O/c21-17-3-1-15(2-4-17)14-24-11-7-20(8-12-24)18(13-19(25)23-20)16-5-9-22-10-6-16/h1-6,9-10,18H,7-8,11-14H2,(H,23,25). The molecule has 2 saturated heterocycles. The van der Waals surface area contributed by atoms with Crippen molar-refractivity contribution in [1.82, 2.24) is 15.2 Å². The fourth-order valence-electron chi connectivity index (χ4n) is 4.26. The first-order valence-electron chi connectivity index (χ1n) is 8.82. The number of nitrogens with one attached hydrogen (secondary N) is 1. The van der Waals surface area contributed by atoms with Gasteiger partial charge in [-0.3, -0.25) is 14.7 Å². The molecule has 0 aliphatic carbocycles. The van der Waals surface area contributed by atoms with E-state index in [0.717, 1.165) is 38.0 Å². The lowest BCUT2D eigenvalue weighted by molar-refractivity contribution is -0.120. The number of carbonyl (C=O) groups is 1. The number of likely N-dealkylation sites (tertiary alicyclic amines) is 1. The highest BCUT2D eigenvalue weighted by Gasteiger charge is 2.48. The summed E-state index contributed by atoms with van der Waals surface area (Å²) in [5, 5.41) is 3.27. The van der Waals surface area contributed by atoms with E-state index in [-0.39, 0.29) is 23.2 Å². The Morgan fingerprint density at radius 2 is 1.80 bits per heavy atom. The molecule has 2 fully saturated rings. The number of halogens is 1. The highest BCUT2D eigenvalue weighted by molar-refractivity contribution is 5.81. The molecule has 1 amide bonds. The van der Waals surface area contributed by atoms with E-state index in [4.69, 9.17) is 0 Å². The maximum atomic E-state index is 13.0. The molecule has 1 unspecified atom stereocenters. The second kappa shape index (κ2) is 6.56. The summed E-state index contributed by atoms with van der Waals surface area (Å²) in [4.78, 5) is 18.6. The van der Waals surface area contributed by atoms with Gasteiger partial charge in [-0.2, -0.15) is 0 Å². The molecule has 4 nitrogen and oxygen atoms in total. The highest BCUT2D eigenvalue weighted by Crippen LogP contribution is 2.43. The lowest BCUT2D eigenvalue weighted by Crippen LogP contribution is -2.53. The van der Waals surface area contributed by atoms with E-state index >= 15 is 0 Å². The van der Waals surface area contributed by atoms with Gasteiger partial charge in [0, 0.05) is 49.9 Å². The van der Waals surface area contributed by atoms with Crippen molar-refractivity contribution < 1.29 is 9.18 Å². The Balaban J connectivity index is 1.45. The first-order valence-corrected chi connectivity index (χ1v) is 8.82. The van der Waals surface area contributed by atoms with E-state index in [0.29, 0.717) is 6.42 Å². The number of piperidine rings is 1. The molecular weight excluding hydrogens is 317 g/mol. The summed E-state index contributed by atoms with van der Waals surface area (Å²) < 4.78 is 13.0. The van der Waals surface area contributed by atoms with Gasteiger partial charge in [0.25, 0.3) is 0 Å². The first-order chi connectivity index (χ1) is 12.1. The second-order valence-corrected chi connectivity index (χ2v) is 7.14. The Labute approximate surface area is 147 Å². The van der Waals surface area contributed by atoms with Gasteiger partial charge in [-0.1, -0.05) is 12.1 Å². The molecule has 1 N–H and O–H groups in total. The number of aromatic nitrogens is 1. The summed E-state index contributed by atoms with van der Waals surface area (Å²) in [7, 11) is 0. The third kappa shape index (κ3) is 3.29. The molecule has 25 heavy (non-hydrogen) atoms. The van der Waals surface area contributed by atoms with E-state index in [2.05, 4.69) is 15.2 Å². The molecule has 1 aromatic carbocycles. The Hall–Kier alpha value is -2.27. The van der Waals surface area contributed by atoms with Crippen molar-refractivity contribution in [3.8, 4) is 0 Å². The predicted molar refractivity (Wildman–Crippen MR) is 93.4 cm³/mol. The summed E-state index contributed by atoms with van der Waals surface area (Å²) in [5.74, 6) is 0.167. The van der Waals surface area contributed by atoms with Crippen LogP contribution in [0.4, 0.5) is 4.39 Å². The molecule has 3 heterocycles. The molecule has 1 atom stereocenters. The smallest absolute Gasteiger partial charge is 0.221 e. The maximum absolute atomic E-state index is 13.0. The summed E-state index contributed by atoms with van der Waals surface area (Å²) in [6.07, 6.45) is 6.03. The van der Waals surface area contributed by atoms with Gasteiger partial charge >= 0.3 is 0 Å². The van der Waals surface area contributed by atoms with Crippen molar-refractivity contribution in [1.29, 1.82) is 0 Å². The van der Waals surface area contributed by atoms with Crippen molar-refractivity contribution in [2.24, 2.45) is 0 Å². The first kappa shape index (κ1) is 16.2. The van der Waals surface area contributed by atoms with Crippen LogP contribution in [0.1, 0.15) is 36.3 Å². The number of nitrogens with zero attached hydrogens (tertiary/aromatic N) is 2. The molecule has 1 spiro atoms. The monoisotopic (exact) mass is 339 g/mol. The lowest BCUT2D eigenvalue weighted by Gasteiger charge is -2.43. The Kier molecular flexibility index (Phi) is 4.25. The number of hydrogen-bond donors (Lipinski definition) is 1. The summed E-state index contributed by atoms with van der Waals surface area (Å²) in [5.41, 5.74) is 2.18. The third-order valence-electron chi connectivity index (χ3n) is 5.62. The van der Waals surface area contributed by atoms with Gasteiger partial charge in [0.05, 0.1) is 0 Å². The minimum atomic E-state index is -0.199. The van der Waals surface area contributed by atoms with Crippen molar-refractivity contribution in [3.05, 3.63) is 65.7 Å². The largest absolute Gasteiger partial charge is 0.350 e. The molecule has 0 bridgehead atoms. The van der Waals surface area contributed by atoms with Crippen LogP contribution < -0.4 is 5.32 Å². The molecular formula is C20H22FN3O. The molecule has 2 aliphatic rings. The molecule has 2 aliphatic heterocycles. The number of amides is 1. The summed E-state index contributed by atoms with van der Waals surface area (Å²) in [6, 6.07) is 10.8. The Morgan fingerprint density at radius 1 is 1.12 bits per heavy atom. The second-order valence-electron chi connectivity index (χ2n) is 7.14. The number of carbonyl (C=O) groups excluding carboxylic acids is 1. The van der Waals surface area contributed by atoms with Crippen LogP contribution in [0.25, 0.3) is 0 Å². The van der Waals surface area contributed by atoms with E-state index in [1.54, 1.807) is 12.4 Å². The fraction of sp³-hybridized carbons (Fsp3) is 0.400. The van der Waals surface area contributed by atoms with Crippen LogP contribution in [0.15, 0.2) is 48.8 Å². The van der Waals surface area contributed by atoms with Crippen LogP contribution in [0.5, 0.6) is 0 Å². The Bertz CT molecular complexity index is 739. The van der Waals surface area contributed by atoms with Gasteiger partial charge < -0.3 is 5.32 Å². The van der Waals surface area contributed by atoms with E-state index in [1.807, 2.05) is 24.3 Å². The number of rotatable bonds is 3. The van der Waals surface area contributed by atoms with E-state index in [1.165, 1.54) is 17.7 Å². The molecule has 1 aromatic heterocycles. The summed E-state index contributed by atoms with van der Waals surface area (Å²) >= 11 is 0. The normalized spacial score (nSPS) is 22.9. The minimum Gasteiger partial charge on any atom is -0.350 e. The van der Waals surface area contributed by atoms with E-state index < -0.39 is 0 Å². The molecule has 0 saturated carbocycles. The van der Waals surface area contributed by atoms with Gasteiger partial charge in [-0.05, 0) is 48.2 Å². The average molecular weight is 339 g/mol. The summed E-state index contributed by atoms with van der Waals surface area (Å²) in [6.45, 7) is 2.68. The zero-order chi connectivity index (χ0) is 17.3. The lowest BCUT2D eigenvalue weighted by atomic mass is 9.74. The molecule has 130 valence electrons. The fourth-order valence-corrected chi connectivity index (χ4v) is 4.26. The third-order valence-corrected chi connectivity index (χ3v) is 5.62. The molecule has 5 heteroatoms. The molecule has 2 aromatic rings. The zero-order valence-electron chi connectivity index (χ0n) is 14.1. The predicted octanol–water partition coefficient (Wildman–Crippen LogP) is 2.86. The van der Waals surface area contributed by atoms with Crippen LogP contribution in [-0.2, 0) is 11.3 Å². The number of benzene rings is 1. The van der Waals surface area contributed by atoms with Gasteiger partial charge in [0.2, 0.25) is 5.91 Å². The maximum Gasteiger partial charge on any atom is 0.221 e. The van der Waals surface area contributed by atoms with Crippen molar-refractivity contribution >= 4 is 5.91 Å². The number of hydrogen-bond acceptors (Lipinski definition) is 3. The Morgan fingerprint density at radius 3 is 2.48 bits per heavy atom. The zero-order valence-corrected chi connectivity index (χ0v) is 14.1. The quantitative estimate of drug-likeness (QED) is 0.935. The van der Waals surface area contributed by atoms with Crippen LogP contribution in [0, 0.1) is 5.82 Å². The number of pyridine rings is 1. The highest BCUT2D eigenvalue weighted by atomic mass is 19.1. The van der Waals surface area contributed by atoms with Gasteiger partial charge in [-0.15, -0.1) is 0 Å². The van der Waals surface area contributed by atoms with Gasteiger partial charge in [0.1, 0.15) is 5.82 Å². The SMILES string of the molecule is O=C1CC(c2ccncc2)C2(CCN(Cc3ccc(F)cc3)CC2)N1. The van der Waals surface area contributed by atoms with Crippen molar-refractivity contribution in [2.75, 3.05) is 13.1 Å². The minimum absolute atomic E-state index is 0.141. The van der Waals surface area contributed by atoms with E-state index in [9.17, 15) is 9.18 Å². The average Bonchev–Trinajstić information content (AvgIpc) is 2.96.